The second-order valence-corrected chi connectivity index (χ2v) is 4.19. The number of alkyl halides is 3. The van der Waals surface area contributed by atoms with Gasteiger partial charge in [0.15, 0.2) is 0 Å². The number of hydrogen-bond donors (Lipinski definition) is 0. The Hall–Kier alpha value is -1.51. The van der Waals surface area contributed by atoms with Gasteiger partial charge in [0.05, 0.1) is 5.57 Å². The molecule has 0 saturated carbocycles. The van der Waals surface area contributed by atoms with Crippen LogP contribution in [0.3, 0.4) is 0 Å². The summed E-state index contributed by atoms with van der Waals surface area (Å²) in [4.78, 5) is 0. The molecule has 0 heterocycles. The van der Waals surface area contributed by atoms with Crippen molar-refractivity contribution in [3.63, 3.8) is 0 Å². The molecule has 0 amide bonds. The summed E-state index contributed by atoms with van der Waals surface area (Å²) < 4.78 is 38.6. The molecule has 0 aromatic heterocycles. The largest absolute Gasteiger partial charge is 0.416 e. The molecular formula is C14H15F3. The van der Waals surface area contributed by atoms with Crippen molar-refractivity contribution in [3.8, 4) is 0 Å². The molecule has 0 aliphatic heterocycles. The van der Waals surface area contributed by atoms with Crippen molar-refractivity contribution in [3.05, 3.63) is 53.1 Å². The summed E-state index contributed by atoms with van der Waals surface area (Å²) in [5.74, 6) is 0. The first-order chi connectivity index (χ1) is 7.80. The molecule has 0 radical (unpaired) electrons. The van der Waals surface area contributed by atoms with E-state index in [1.54, 1.807) is 26.0 Å². The molecule has 0 atom stereocenters. The normalized spacial score (nSPS) is 12.5. The minimum Gasteiger partial charge on any atom is -0.166 e. The van der Waals surface area contributed by atoms with Crippen LogP contribution in [0.5, 0.6) is 0 Å². The molecule has 0 saturated heterocycles. The van der Waals surface area contributed by atoms with E-state index >= 15 is 0 Å². The van der Waals surface area contributed by atoms with Crippen molar-refractivity contribution in [2.45, 2.75) is 26.9 Å². The summed E-state index contributed by atoms with van der Waals surface area (Å²) in [7, 11) is 0. The smallest absolute Gasteiger partial charge is 0.166 e. The molecule has 17 heavy (non-hydrogen) atoms. The molecule has 0 aliphatic carbocycles. The highest BCUT2D eigenvalue weighted by Crippen LogP contribution is 2.34. The van der Waals surface area contributed by atoms with Gasteiger partial charge in [-0.1, -0.05) is 41.5 Å². The fourth-order valence-corrected chi connectivity index (χ4v) is 1.34. The van der Waals surface area contributed by atoms with E-state index in [-0.39, 0.29) is 5.56 Å². The minimum absolute atomic E-state index is 0.195. The molecule has 0 nitrogen and oxygen atoms in total. The van der Waals surface area contributed by atoms with E-state index in [1.165, 1.54) is 18.2 Å². The van der Waals surface area contributed by atoms with Crippen LogP contribution in [0, 0.1) is 6.92 Å². The molecule has 0 aliphatic rings. The fourth-order valence-electron chi connectivity index (χ4n) is 1.34. The lowest BCUT2D eigenvalue weighted by atomic mass is 10.0. The Morgan fingerprint density at radius 1 is 1.00 bits per heavy atom. The van der Waals surface area contributed by atoms with Gasteiger partial charge in [0, 0.05) is 0 Å². The highest BCUT2D eigenvalue weighted by Gasteiger charge is 2.33. The summed E-state index contributed by atoms with van der Waals surface area (Å²) in [6.45, 7) is 5.37. The van der Waals surface area contributed by atoms with Crippen LogP contribution in [0.15, 0.2) is 42.0 Å². The molecule has 0 unspecified atom stereocenters. The first-order valence-corrected chi connectivity index (χ1v) is 5.30. The topological polar surface area (TPSA) is 0 Å². The second-order valence-electron chi connectivity index (χ2n) is 4.19. The van der Waals surface area contributed by atoms with Crippen molar-refractivity contribution >= 4 is 5.57 Å². The molecular weight excluding hydrogens is 225 g/mol. The summed E-state index contributed by atoms with van der Waals surface area (Å²) in [5.41, 5.74) is 1.36. The highest BCUT2D eigenvalue weighted by atomic mass is 19.4. The van der Waals surface area contributed by atoms with Crippen LogP contribution >= 0.6 is 0 Å². The Kier molecular flexibility index (Phi) is 4.16. The lowest BCUT2D eigenvalue weighted by Crippen LogP contribution is -2.10. The SMILES string of the molecule is CC(C)=CC=C(c1ccc(C)cc1)C(F)(F)F. The molecule has 0 spiro atoms. The van der Waals surface area contributed by atoms with Crippen molar-refractivity contribution in [2.24, 2.45) is 0 Å². The Labute approximate surface area is 99.5 Å². The van der Waals surface area contributed by atoms with Crippen LogP contribution in [-0.4, -0.2) is 6.18 Å². The molecule has 92 valence electrons. The zero-order valence-electron chi connectivity index (χ0n) is 10.1. The van der Waals surface area contributed by atoms with E-state index in [4.69, 9.17) is 0 Å². The van der Waals surface area contributed by atoms with Gasteiger partial charge in [-0.15, -0.1) is 0 Å². The number of hydrogen-bond acceptors (Lipinski definition) is 0. The van der Waals surface area contributed by atoms with Crippen LogP contribution in [0.1, 0.15) is 25.0 Å². The third-order valence-corrected chi connectivity index (χ3v) is 2.25. The lowest BCUT2D eigenvalue weighted by molar-refractivity contribution is -0.0689. The summed E-state index contributed by atoms with van der Waals surface area (Å²) in [5, 5.41) is 0. The van der Waals surface area contributed by atoms with Crippen LogP contribution in [0.4, 0.5) is 13.2 Å². The maximum Gasteiger partial charge on any atom is 0.416 e. The van der Waals surface area contributed by atoms with Crippen LogP contribution in [0.25, 0.3) is 5.57 Å². The second kappa shape index (κ2) is 5.21. The maximum absolute atomic E-state index is 12.9. The zero-order valence-corrected chi connectivity index (χ0v) is 10.1. The summed E-state index contributed by atoms with van der Waals surface area (Å²) >= 11 is 0. The average molecular weight is 240 g/mol. The number of rotatable bonds is 2. The van der Waals surface area contributed by atoms with Crippen LogP contribution in [-0.2, 0) is 0 Å². The number of allylic oxidation sites excluding steroid dienone is 4. The van der Waals surface area contributed by atoms with E-state index in [0.29, 0.717) is 0 Å². The van der Waals surface area contributed by atoms with Crippen LogP contribution < -0.4 is 0 Å². The monoisotopic (exact) mass is 240 g/mol. The third-order valence-electron chi connectivity index (χ3n) is 2.25. The Balaban J connectivity index is 3.21. The quantitative estimate of drug-likeness (QED) is 0.644. The average Bonchev–Trinajstić information content (AvgIpc) is 2.18. The van der Waals surface area contributed by atoms with Gasteiger partial charge in [0.25, 0.3) is 0 Å². The minimum atomic E-state index is -4.33. The third kappa shape index (κ3) is 4.10. The fraction of sp³-hybridized carbons (Fsp3) is 0.286. The van der Waals surface area contributed by atoms with Gasteiger partial charge in [-0.05, 0) is 32.4 Å². The van der Waals surface area contributed by atoms with E-state index in [9.17, 15) is 13.2 Å². The number of aryl methyl sites for hydroxylation is 1. The van der Waals surface area contributed by atoms with E-state index in [1.807, 2.05) is 6.92 Å². The van der Waals surface area contributed by atoms with Crippen molar-refractivity contribution in [1.82, 2.24) is 0 Å². The first kappa shape index (κ1) is 13.6. The van der Waals surface area contributed by atoms with Crippen LogP contribution in [0.2, 0.25) is 0 Å². The van der Waals surface area contributed by atoms with E-state index in [0.717, 1.165) is 17.2 Å². The molecule has 1 rings (SSSR count). The highest BCUT2D eigenvalue weighted by molar-refractivity contribution is 5.71. The van der Waals surface area contributed by atoms with E-state index < -0.39 is 11.7 Å². The van der Waals surface area contributed by atoms with Gasteiger partial charge in [-0.3, -0.25) is 0 Å². The van der Waals surface area contributed by atoms with Gasteiger partial charge >= 0.3 is 6.18 Å². The zero-order chi connectivity index (χ0) is 13.1. The number of benzene rings is 1. The maximum atomic E-state index is 12.9. The van der Waals surface area contributed by atoms with Gasteiger partial charge in [-0.25, -0.2) is 0 Å². The summed E-state index contributed by atoms with van der Waals surface area (Å²) in [6.07, 6.45) is -1.73. The Bertz CT molecular complexity index is 430. The molecule has 0 N–H and O–H groups in total. The molecule has 1 aromatic rings. The van der Waals surface area contributed by atoms with Crippen molar-refractivity contribution in [2.75, 3.05) is 0 Å². The van der Waals surface area contributed by atoms with Gasteiger partial charge in [-0.2, -0.15) is 13.2 Å². The number of halogens is 3. The van der Waals surface area contributed by atoms with E-state index in [2.05, 4.69) is 0 Å². The van der Waals surface area contributed by atoms with Crippen molar-refractivity contribution in [1.29, 1.82) is 0 Å². The summed E-state index contributed by atoms with van der Waals surface area (Å²) in [6, 6.07) is 6.34. The molecule has 0 bridgehead atoms. The predicted molar refractivity (Wildman–Crippen MR) is 64.6 cm³/mol. The Morgan fingerprint density at radius 3 is 1.94 bits per heavy atom. The first-order valence-electron chi connectivity index (χ1n) is 5.30. The standard InChI is InChI=1S/C14H15F3/c1-10(2)4-9-13(14(15,16)17)12-7-5-11(3)6-8-12/h4-9H,1-3H3. The molecule has 1 aromatic carbocycles. The predicted octanol–water partition coefficient (Wildman–Crippen LogP) is 4.91. The van der Waals surface area contributed by atoms with Gasteiger partial charge in [0.2, 0.25) is 0 Å². The molecule has 3 heteroatoms. The Morgan fingerprint density at radius 2 is 1.53 bits per heavy atom. The van der Waals surface area contributed by atoms with Gasteiger partial charge in [0.1, 0.15) is 0 Å². The molecule has 0 fully saturated rings. The van der Waals surface area contributed by atoms with Crippen molar-refractivity contribution < 1.29 is 13.2 Å². The van der Waals surface area contributed by atoms with Gasteiger partial charge < -0.3 is 0 Å². The lowest BCUT2D eigenvalue weighted by Gasteiger charge is -2.11.